The van der Waals surface area contributed by atoms with Crippen LogP contribution in [0.2, 0.25) is 0 Å². The maximum Gasteiger partial charge on any atom is 0.306 e. The molecule has 2 aromatic carbocycles. The van der Waals surface area contributed by atoms with E-state index in [0.717, 1.165) is 10.0 Å². The summed E-state index contributed by atoms with van der Waals surface area (Å²) in [6, 6.07) is 10.8. The Bertz CT molecular complexity index is 946. The molecule has 0 aromatic heterocycles. The number of nitro groups is 1. The Morgan fingerprint density at radius 3 is 2.37 bits per heavy atom. The van der Waals surface area contributed by atoms with Crippen LogP contribution in [0, 0.1) is 17.0 Å². The first-order valence-electron chi connectivity index (χ1n) is 9.00. The van der Waals surface area contributed by atoms with E-state index in [1.807, 2.05) is 13.0 Å². The highest BCUT2D eigenvalue weighted by atomic mass is 79.9. The number of anilines is 2. The topological polar surface area (TPSA) is 128 Å². The van der Waals surface area contributed by atoms with Crippen LogP contribution in [0.15, 0.2) is 46.9 Å². The lowest BCUT2D eigenvalue weighted by Crippen LogP contribution is -2.21. The van der Waals surface area contributed by atoms with Crippen LogP contribution >= 0.6 is 15.9 Å². The van der Waals surface area contributed by atoms with Crippen molar-refractivity contribution in [1.82, 2.24) is 0 Å². The quantitative estimate of drug-likeness (QED) is 0.319. The molecule has 0 bridgehead atoms. The van der Waals surface area contributed by atoms with Gasteiger partial charge in [0.1, 0.15) is 0 Å². The highest BCUT2D eigenvalue weighted by molar-refractivity contribution is 9.10. The molecular weight excluding hydrogens is 458 g/mol. The number of halogens is 1. The van der Waals surface area contributed by atoms with Crippen LogP contribution < -0.4 is 10.6 Å². The molecule has 0 spiro atoms. The van der Waals surface area contributed by atoms with Gasteiger partial charge in [-0.1, -0.05) is 15.9 Å². The number of carbonyl (C=O) groups is 3. The summed E-state index contributed by atoms with van der Waals surface area (Å²) < 4.78 is 5.81. The summed E-state index contributed by atoms with van der Waals surface area (Å²) in [7, 11) is 0. The van der Waals surface area contributed by atoms with E-state index in [2.05, 4.69) is 26.6 Å². The van der Waals surface area contributed by atoms with E-state index in [0.29, 0.717) is 11.4 Å². The molecule has 2 N–H and O–H groups in total. The first-order valence-corrected chi connectivity index (χ1v) is 9.80. The van der Waals surface area contributed by atoms with Crippen molar-refractivity contribution in [2.45, 2.75) is 26.2 Å². The third-order valence-corrected chi connectivity index (χ3v) is 4.47. The van der Waals surface area contributed by atoms with Crippen LogP contribution in [0.1, 0.15) is 24.8 Å². The van der Waals surface area contributed by atoms with Crippen LogP contribution in [-0.2, 0) is 19.1 Å². The Kier molecular flexibility index (Phi) is 8.48. The van der Waals surface area contributed by atoms with Crippen molar-refractivity contribution in [3.63, 3.8) is 0 Å². The average Bonchev–Trinajstić information content (AvgIpc) is 2.69. The number of nitrogens with one attached hydrogen (secondary N) is 2. The Morgan fingerprint density at radius 1 is 1.03 bits per heavy atom. The lowest BCUT2D eigenvalue weighted by molar-refractivity contribution is -0.384. The van der Waals surface area contributed by atoms with Gasteiger partial charge >= 0.3 is 5.97 Å². The van der Waals surface area contributed by atoms with Crippen molar-refractivity contribution in [1.29, 1.82) is 0 Å². The van der Waals surface area contributed by atoms with Crippen LogP contribution in [0.4, 0.5) is 17.1 Å². The predicted octanol–water partition coefficient (Wildman–Crippen LogP) is 3.96. The fraction of sp³-hybridized carbons (Fsp3) is 0.250. The number of amides is 2. The van der Waals surface area contributed by atoms with Gasteiger partial charge in [-0.25, -0.2) is 0 Å². The number of rotatable bonds is 9. The Labute approximate surface area is 181 Å². The molecule has 0 radical (unpaired) electrons. The normalized spacial score (nSPS) is 10.2. The lowest BCUT2D eigenvalue weighted by atomic mass is 10.2. The van der Waals surface area contributed by atoms with Crippen molar-refractivity contribution >= 4 is 50.8 Å². The number of non-ortho nitro benzene ring substituents is 1. The largest absolute Gasteiger partial charge is 0.456 e. The van der Waals surface area contributed by atoms with E-state index in [1.54, 1.807) is 12.1 Å². The number of carbonyl (C=O) groups excluding carboxylic acids is 3. The zero-order valence-electron chi connectivity index (χ0n) is 16.1. The summed E-state index contributed by atoms with van der Waals surface area (Å²) in [5.41, 5.74) is 1.84. The SMILES string of the molecule is Cc1cc(Br)ccc1NC(=O)COC(=O)CCCC(=O)Nc1ccc([N+](=O)[O-])cc1. The van der Waals surface area contributed by atoms with Crippen molar-refractivity contribution < 1.29 is 24.0 Å². The number of ether oxygens (including phenoxy) is 1. The first-order chi connectivity index (χ1) is 14.2. The number of benzene rings is 2. The lowest BCUT2D eigenvalue weighted by Gasteiger charge is -2.09. The van der Waals surface area contributed by atoms with Gasteiger partial charge in [-0.3, -0.25) is 24.5 Å². The maximum atomic E-state index is 11.9. The highest BCUT2D eigenvalue weighted by Crippen LogP contribution is 2.20. The number of hydrogen-bond acceptors (Lipinski definition) is 6. The second-order valence-electron chi connectivity index (χ2n) is 6.37. The van der Waals surface area contributed by atoms with Crippen molar-refractivity contribution in [2.24, 2.45) is 0 Å². The Morgan fingerprint density at radius 2 is 1.73 bits per heavy atom. The molecule has 9 nitrogen and oxygen atoms in total. The molecule has 0 saturated carbocycles. The van der Waals surface area contributed by atoms with E-state index in [9.17, 15) is 24.5 Å². The van der Waals surface area contributed by atoms with Gasteiger partial charge in [-0.2, -0.15) is 0 Å². The average molecular weight is 478 g/mol. The van der Waals surface area contributed by atoms with Crippen molar-refractivity contribution in [3.05, 3.63) is 62.6 Å². The molecule has 0 aliphatic carbocycles. The van der Waals surface area contributed by atoms with Crippen molar-refractivity contribution in [3.8, 4) is 0 Å². The molecule has 0 fully saturated rings. The smallest absolute Gasteiger partial charge is 0.306 e. The molecule has 0 unspecified atom stereocenters. The molecule has 10 heteroatoms. The number of aryl methyl sites for hydroxylation is 1. The fourth-order valence-corrected chi connectivity index (χ4v) is 2.93. The third-order valence-electron chi connectivity index (χ3n) is 3.97. The van der Waals surface area contributed by atoms with Gasteiger partial charge in [0.25, 0.3) is 11.6 Å². The molecule has 2 aromatic rings. The van der Waals surface area contributed by atoms with E-state index < -0.39 is 23.4 Å². The third kappa shape index (κ3) is 7.63. The molecule has 2 amide bonds. The Hall–Kier alpha value is -3.27. The van der Waals surface area contributed by atoms with E-state index >= 15 is 0 Å². The van der Waals surface area contributed by atoms with Gasteiger partial charge < -0.3 is 15.4 Å². The van der Waals surface area contributed by atoms with Gasteiger partial charge in [0.2, 0.25) is 5.91 Å². The second kappa shape index (κ2) is 11.1. The van der Waals surface area contributed by atoms with Gasteiger partial charge in [0.05, 0.1) is 4.92 Å². The summed E-state index contributed by atoms with van der Waals surface area (Å²) in [5.74, 6) is -1.37. The minimum Gasteiger partial charge on any atom is -0.456 e. The molecule has 0 aliphatic rings. The minimum atomic E-state index is -0.583. The molecule has 0 saturated heterocycles. The molecular formula is C20H20BrN3O6. The number of esters is 1. The standard InChI is InChI=1S/C20H20BrN3O6/c1-13-11-14(21)5-10-17(13)23-19(26)12-30-20(27)4-2-3-18(25)22-15-6-8-16(9-7-15)24(28)29/h5-11H,2-4,12H2,1H3,(H,22,25)(H,23,26). The van der Waals surface area contributed by atoms with E-state index in [4.69, 9.17) is 4.74 Å². The summed E-state index contributed by atoms with van der Waals surface area (Å²) >= 11 is 3.34. The molecule has 0 aliphatic heterocycles. The maximum absolute atomic E-state index is 11.9. The van der Waals surface area contributed by atoms with Gasteiger partial charge in [0, 0.05) is 40.8 Å². The highest BCUT2D eigenvalue weighted by Gasteiger charge is 2.11. The van der Waals surface area contributed by atoms with E-state index in [-0.39, 0.29) is 30.9 Å². The second-order valence-corrected chi connectivity index (χ2v) is 7.29. The van der Waals surface area contributed by atoms with Gasteiger partial charge in [-0.05, 0) is 49.2 Å². The summed E-state index contributed by atoms with van der Waals surface area (Å²) in [6.07, 6.45) is 0.291. The molecule has 0 atom stereocenters. The zero-order chi connectivity index (χ0) is 22.1. The van der Waals surface area contributed by atoms with Crippen LogP contribution in [0.5, 0.6) is 0 Å². The summed E-state index contributed by atoms with van der Waals surface area (Å²) in [5, 5.41) is 15.9. The summed E-state index contributed by atoms with van der Waals surface area (Å²) in [4.78, 5) is 45.6. The first kappa shape index (κ1) is 23.0. The Balaban J connectivity index is 1.66. The molecule has 2 rings (SSSR count). The zero-order valence-corrected chi connectivity index (χ0v) is 17.7. The van der Waals surface area contributed by atoms with Gasteiger partial charge in [-0.15, -0.1) is 0 Å². The van der Waals surface area contributed by atoms with Crippen LogP contribution in [0.3, 0.4) is 0 Å². The molecule has 0 heterocycles. The predicted molar refractivity (Wildman–Crippen MR) is 114 cm³/mol. The molecule has 30 heavy (non-hydrogen) atoms. The summed E-state index contributed by atoms with van der Waals surface area (Å²) in [6.45, 7) is 1.43. The number of hydrogen-bond donors (Lipinski definition) is 2. The van der Waals surface area contributed by atoms with Crippen LogP contribution in [-0.4, -0.2) is 29.3 Å². The van der Waals surface area contributed by atoms with Crippen LogP contribution in [0.25, 0.3) is 0 Å². The van der Waals surface area contributed by atoms with Crippen molar-refractivity contribution in [2.75, 3.05) is 17.2 Å². The monoisotopic (exact) mass is 477 g/mol. The fourth-order valence-electron chi connectivity index (χ4n) is 2.46. The molecule has 158 valence electrons. The number of nitrogens with zero attached hydrogens (tertiary/aromatic N) is 1. The minimum absolute atomic E-state index is 0.0156. The van der Waals surface area contributed by atoms with E-state index in [1.165, 1.54) is 24.3 Å². The van der Waals surface area contributed by atoms with Gasteiger partial charge in [0.15, 0.2) is 6.61 Å². The number of nitro benzene ring substituents is 1.